The zero-order valence-corrected chi connectivity index (χ0v) is 14.5. The van der Waals surface area contributed by atoms with Crippen LogP contribution in [0.15, 0.2) is 41.4 Å². The third-order valence-corrected chi connectivity index (χ3v) is 4.66. The minimum absolute atomic E-state index is 0.719. The van der Waals surface area contributed by atoms with E-state index in [9.17, 15) is 0 Å². The fraction of sp³-hybridized carbons (Fsp3) is 0.143. The van der Waals surface area contributed by atoms with Crippen LogP contribution < -0.4 is 5.32 Å². The number of rotatable bonds is 3. The van der Waals surface area contributed by atoms with Gasteiger partial charge < -0.3 is 5.32 Å². The monoisotopic (exact) mass is 442 g/mol. The van der Waals surface area contributed by atoms with Crippen LogP contribution in [0.25, 0.3) is 5.65 Å². The Morgan fingerprint density at radius 1 is 1.30 bits per heavy atom. The molecular formula is C14H12BrIN4. The first-order chi connectivity index (χ1) is 9.63. The molecule has 2 heterocycles. The average Bonchev–Trinajstić information content (AvgIpc) is 2.82. The fourth-order valence-corrected chi connectivity index (χ4v) is 2.76. The first kappa shape index (κ1) is 13.8. The summed E-state index contributed by atoms with van der Waals surface area (Å²) in [6, 6.07) is 6.37. The summed E-state index contributed by atoms with van der Waals surface area (Å²) < 4.78 is 4.09. The Bertz CT molecular complexity index is 769. The van der Waals surface area contributed by atoms with Crippen LogP contribution in [0.1, 0.15) is 11.3 Å². The highest BCUT2D eigenvalue weighted by molar-refractivity contribution is 14.1. The second-order valence-electron chi connectivity index (χ2n) is 4.51. The third kappa shape index (κ3) is 2.80. The quantitative estimate of drug-likeness (QED) is 0.623. The summed E-state index contributed by atoms with van der Waals surface area (Å²) in [6.45, 7) is 2.83. The molecule has 0 aliphatic carbocycles. The SMILES string of the molecule is Cc1ccc(NCc2cnc3cnc(Br)cn23)cc1I. The van der Waals surface area contributed by atoms with Gasteiger partial charge in [-0.05, 0) is 63.1 Å². The standard InChI is InChI=1S/C14H12BrIN4/c1-9-2-3-10(4-12(9)16)17-5-11-6-19-14-7-18-13(15)8-20(11)14/h2-4,6-8,17H,5H2,1H3. The van der Waals surface area contributed by atoms with Crippen molar-refractivity contribution in [3.05, 3.63) is 56.2 Å². The lowest BCUT2D eigenvalue weighted by atomic mass is 10.2. The smallest absolute Gasteiger partial charge is 0.155 e. The molecule has 102 valence electrons. The molecule has 3 aromatic rings. The van der Waals surface area contributed by atoms with Gasteiger partial charge in [0.1, 0.15) is 4.60 Å². The number of hydrogen-bond donors (Lipinski definition) is 1. The van der Waals surface area contributed by atoms with E-state index in [1.165, 1.54) is 9.13 Å². The Balaban J connectivity index is 1.83. The molecule has 2 aromatic heterocycles. The van der Waals surface area contributed by atoms with Crippen molar-refractivity contribution in [2.24, 2.45) is 0 Å². The van der Waals surface area contributed by atoms with Gasteiger partial charge in [-0.2, -0.15) is 0 Å². The number of aromatic nitrogens is 3. The summed E-state index contributed by atoms with van der Waals surface area (Å²) in [6.07, 6.45) is 5.55. The number of aryl methyl sites for hydroxylation is 1. The maximum absolute atomic E-state index is 4.34. The number of benzene rings is 1. The number of halogens is 2. The molecule has 0 saturated carbocycles. The van der Waals surface area contributed by atoms with Gasteiger partial charge in [-0.3, -0.25) is 4.40 Å². The fourth-order valence-electron chi connectivity index (χ4n) is 1.94. The number of anilines is 1. The lowest BCUT2D eigenvalue weighted by Crippen LogP contribution is -2.03. The second kappa shape index (κ2) is 5.69. The average molecular weight is 443 g/mol. The second-order valence-corrected chi connectivity index (χ2v) is 6.48. The van der Waals surface area contributed by atoms with Crippen molar-refractivity contribution in [2.45, 2.75) is 13.5 Å². The van der Waals surface area contributed by atoms with Gasteiger partial charge in [0.25, 0.3) is 0 Å². The molecule has 4 nitrogen and oxygen atoms in total. The van der Waals surface area contributed by atoms with Gasteiger partial charge in [0.15, 0.2) is 5.65 Å². The molecule has 0 bridgehead atoms. The summed E-state index contributed by atoms with van der Waals surface area (Å²) in [4.78, 5) is 8.51. The highest BCUT2D eigenvalue weighted by atomic mass is 127. The van der Waals surface area contributed by atoms with Gasteiger partial charge >= 0.3 is 0 Å². The molecule has 6 heteroatoms. The predicted octanol–water partition coefficient (Wildman–Crippen LogP) is 4.02. The van der Waals surface area contributed by atoms with Crippen molar-refractivity contribution in [3.63, 3.8) is 0 Å². The van der Waals surface area contributed by atoms with E-state index in [-0.39, 0.29) is 0 Å². The molecule has 0 spiro atoms. The number of nitrogens with one attached hydrogen (secondary N) is 1. The van der Waals surface area contributed by atoms with Crippen LogP contribution >= 0.6 is 38.5 Å². The van der Waals surface area contributed by atoms with Crippen molar-refractivity contribution in [2.75, 3.05) is 5.32 Å². The van der Waals surface area contributed by atoms with Crippen LogP contribution in [-0.4, -0.2) is 14.4 Å². The molecule has 0 radical (unpaired) electrons. The molecule has 0 saturated heterocycles. The molecule has 3 rings (SSSR count). The van der Waals surface area contributed by atoms with E-state index in [1.807, 2.05) is 16.8 Å². The number of imidazole rings is 1. The molecule has 1 N–H and O–H groups in total. The zero-order valence-electron chi connectivity index (χ0n) is 10.8. The topological polar surface area (TPSA) is 42.2 Å². The summed E-state index contributed by atoms with van der Waals surface area (Å²) in [5.74, 6) is 0. The first-order valence-corrected chi connectivity index (χ1v) is 7.98. The minimum Gasteiger partial charge on any atom is -0.379 e. The Morgan fingerprint density at radius 2 is 2.15 bits per heavy atom. The van der Waals surface area contributed by atoms with Crippen molar-refractivity contribution in [1.29, 1.82) is 0 Å². The first-order valence-electron chi connectivity index (χ1n) is 6.11. The van der Waals surface area contributed by atoms with Gasteiger partial charge in [-0.25, -0.2) is 9.97 Å². The molecule has 0 aliphatic heterocycles. The molecule has 0 atom stereocenters. The molecule has 0 amide bonds. The predicted molar refractivity (Wildman–Crippen MR) is 91.9 cm³/mol. The van der Waals surface area contributed by atoms with Crippen LogP contribution in [0, 0.1) is 10.5 Å². The van der Waals surface area contributed by atoms with E-state index in [0.717, 1.165) is 28.2 Å². The highest BCUT2D eigenvalue weighted by Gasteiger charge is 2.04. The normalized spacial score (nSPS) is 10.9. The number of fused-ring (bicyclic) bond motifs is 1. The van der Waals surface area contributed by atoms with Crippen LogP contribution in [0.3, 0.4) is 0 Å². The van der Waals surface area contributed by atoms with E-state index >= 15 is 0 Å². The third-order valence-electron chi connectivity index (χ3n) is 3.09. The van der Waals surface area contributed by atoms with Crippen LogP contribution in [-0.2, 0) is 6.54 Å². The van der Waals surface area contributed by atoms with E-state index in [2.05, 4.69) is 78.9 Å². The summed E-state index contributed by atoms with van der Waals surface area (Å²) in [5.41, 5.74) is 4.35. The maximum Gasteiger partial charge on any atom is 0.155 e. The van der Waals surface area contributed by atoms with Gasteiger partial charge in [-0.1, -0.05) is 6.07 Å². The molecular weight excluding hydrogens is 431 g/mol. The summed E-state index contributed by atoms with van der Waals surface area (Å²) in [7, 11) is 0. The Morgan fingerprint density at radius 3 is 2.95 bits per heavy atom. The molecule has 0 unspecified atom stereocenters. The lowest BCUT2D eigenvalue weighted by molar-refractivity contribution is 0.983. The van der Waals surface area contributed by atoms with Crippen LogP contribution in [0.2, 0.25) is 0 Å². The lowest BCUT2D eigenvalue weighted by Gasteiger charge is -2.08. The van der Waals surface area contributed by atoms with E-state index < -0.39 is 0 Å². The Kier molecular flexibility index (Phi) is 3.93. The molecule has 0 fully saturated rings. The van der Waals surface area contributed by atoms with Crippen molar-refractivity contribution in [1.82, 2.24) is 14.4 Å². The number of nitrogens with zero attached hydrogens (tertiary/aromatic N) is 3. The van der Waals surface area contributed by atoms with Crippen molar-refractivity contribution < 1.29 is 0 Å². The van der Waals surface area contributed by atoms with Crippen molar-refractivity contribution >= 4 is 49.9 Å². The Hall–Kier alpha value is -1.15. The minimum atomic E-state index is 0.719. The van der Waals surface area contributed by atoms with Gasteiger partial charge in [0.2, 0.25) is 0 Å². The maximum atomic E-state index is 4.34. The van der Waals surface area contributed by atoms with Crippen LogP contribution in [0.4, 0.5) is 5.69 Å². The number of hydrogen-bond acceptors (Lipinski definition) is 3. The van der Waals surface area contributed by atoms with Gasteiger partial charge in [-0.15, -0.1) is 0 Å². The van der Waals surface area contributed by atoms with E-state index in [0.29, 0.717) is 0 Å². The molecule has 1 aromatic carbocycles. The van der Waals surface area contributed by atoms with E-state index in [4.69, 9.17) is 0 Å². The van der Waals surface area contributed by atoms with E-state index in [1.54, 1.807) is 6.20 Å². The Labute approximate surface area is 138 Å². The van der Waals surface area contributed by atoms with Gasteiger partial charge in [0, 0.05) is 15.5 Å². The van der Waals surface area contributed by atoms with Gasteiger partial charge in [0.05, 0.1) is 24.6 Å². The summed E-state index contributed by atoms with van der Waals surface area (Å²) in [5, 5.41) is 3.43. The molecule has 0 aliphatic rings. The largest absolute Gasteiger partial charge is 0.379 e. The highest BCUT2D eigenvalue weighted by Crippen LogP contribution is 2.18. The van der Waals surface area contributed by atoms with Crippen LogP contribution in [0.5, 0.6) is 0 Å². The zero-order chi connectivity index (χ0) is 14.1. The van der Waals surface area contributed by atoms with Crippen molar-refractivity contribution in [3.8, 4) is 0 Å². The summed E-state index contributed by atoms with van der Waals surface area (Å²) >= 11 is 5.73. The molecule has 20 heavy (non-hydrogen) atoms.